The van der Waals surface area contributed by atoms with E-state index in [1.807, 2.05) is 7.11 Å². The Hall–Kier alpha value is -1.40. The van der Waals surface area contributed by atoms with Crippen LogP contribution < -0.4 is 15.0 Å². The molecule has 2 saturated heterocycles. The summed E-state index contributed by atoms with van der Waals surface area (Å²) in [5, 5.41) is 3.46. The van der Waals surface area contributed by atoms with Crippen LogP contribution in [0.2, 0.25) is 0 Å². The van der Waals surface area contributed by atoms with Crippen molar-refractivity contribution in [2.45, 2.75) is 56.8 Å². The smallest absolute Gasteiger partial charge is 0.318 e. The summed E-state index contributed by atoms with van der Waals surface area (Å²) < 4.78 is 11.0. The second-order valence-corrected chi connectivity index (χ2v) is 6.51. The third-order valence-electron chi connectivity index (χ3n) is 5.34. The fraction of sp³-hybridized carbons (Fsp3) is 0.750. The van der Waals surface area contributed by atoms with Crippen molar-refractivity contribution in [2.75, 3.05) is 25.7 Å². The lowest BCUT2D eigenvalue weighted by atomic mass is 9.98. The van der Waals surface area contributed by atoms with Gasteiger partial charge in [-0.25, -0.2) is 0 Å². The molecule has 3 aliphatic heterocycles. The summed E-state index contributed by atoms with van der Waals surface area (Å²) in [7, 11) is 3.48. The highest BCUT2D eigenvalue weighted by Gasteiger charge is 2.43. The van der Waals surface area contributed by atoms with Gasteiger partial charge in [-0.15, -0.1) is 0 Å². The minimum Gasteiger partial charge on any atom is -0.467 e. The zero-order valence-electron chi connectivity index (χ0n) is 13.3. The van der Waals surface area contributed by atoms with Crippen LogP contribution >= 0.6 is 0 Å². The van der Waals surface area contributed by atoms with E-state index in [1.165, 1.54) is 18.4 Å². The molecule has 0 aromatic carbocycles. The molecule has 0 unspecified atom stereocenters. The molecule has 2 bridgehead atoms. The van der Waals surface area contributed by atoms with Gasteiger partial charge < -0.3 is 19.7 Å². The number of hydrogen-bond acceptors (Lipinski definition) is 6. The standard InChI is InChI=1S/C16H24N4O2/c1-21-12-7-10-3-4-11(8-12)20(10)15-13-9-17-6-5-14(13)18-16(19-15)22-2/h10-12,17H,3-9H2,1-2H3/t10-,11+,12+. The fourth-order valence-corrected chi connectivity index (χ4v) is 4.27. The van der Waals surface area contributed by atoms with Crippen molar-refractivity contribution in [3.05, 3.63) is 11.3 Å². The first-order chi connectivity index (χ1) is 10.8. The van der Waals surface area contributed by atoms with Crippen molar-refractivity contribution in [1.29, 1.82) is 0 Å². The normalized spacial score (nSPS) is 30.3. The molecule has 1 aromatic heterocycles. The molecule has 22 heavy (non-hydrogen) atoms. The Morgan fingerprint density at radius 1 is 1.14 bits per heavy atom. The average molecular weight is 304 g/mol. The van der Waals surface area contributed by atoms with Crippen LogP contribution in [-0.4, -0.2) is 48.9 Å². The maximum Gasteiger partial charge on any atom is 0.318 e. The summed E-state index contributed by atoms with van der Waals surface area (Å²) in [5.74, 6) is 1.09. The van der Waals surface area contributed by atoms with Gasteiger partial charge in [0, 0.05) is 44.3 Å². The number of nitrogens with one attached hydrogen (secondary N) is 1. The second kappa shape index (κ2) is 5.66. The minimum absolute atomic E-state index is 0.395. The number of anilines is 1. The first kappa shape index (κ1) is 14.2. The maximum absolute atomic E-state index is 5.62. The van der Waals surface area contributed by atoms with E-state index >= 15 is 0 Å². The number of rotatable bonds is 3. The lowest BCUT2D eigenvalue weighted by Gasteiger charge is -2.40. The molecule has 1 aromatic rings. The van der Waals surface area contributed by atoms with E-state index in [-0.39, 0.29) is 0 Å². The molecule has 0 saturated carbocycles. The van der Waals surface area contributed by atoms with Crippen molar-refractivity contribution in [1.82, 2.24) is 15.3 Å². The number of fused-ring (bicyclic) bond motifs is 3. The molecule has 1 N–H and O–H groups in total. The quantitative estimate of drug-likeness (QED) is 0.908. The number of nitrogens with zero attached hydrogens (tertiary/aromatic N) is 3. The van der Waals surface area contributed by atoms with E-state index in [9.17, 15) is 0 Å². The zero-order chi connectivity index (χ0) is 15.1. The number of hydrogen-bond donors (Lipinski definition) is 1. The van der Waals surface area contributed by atoms with Gasteiger partial charge in [0.15, 0.2) is 0 Å². The van der Waals surface area contributed by atoms with E-state index in [1.54, 1.807) is 7.11 Å². The molecule has 0 radical (unpaired) electrons. The summed E-state index contributed by atoms with van der Waals surface area (Å²) in [6.07, 6.45) is 6.01. The van der Waals surface area contributed by atoms with Gasteiger partial charge in [0.2, 0.25) is 0 Å². The number of ether oxygens (including phenoxy) is 2. The molecular weight excluding hydrogens is 280 g/mol. The number of piperidine rings is 1. The van der Waals surface area contributed by atoms with E-state index in [0.717, 1.165) is 43.9 Å². The van der Waals surface area contributed by atoms with Crippen molar-refractivity contribution in [3.63, 3.8) is 0 Å². The van der Waals surface area contributed by atoms with Crippen LogP contribution in [0.1, 0.15) is 36.9 Å². The molecule has 4 rings (SSSR count). The maximum atomic E-state index is 5.62. The van der Waals surface area contributed by atoms with Crippen molar-refractivity contribution in [3.8, 4) is 6.01 Å². The van der Waals surface area contributed by atoms with Gasteiger partial charge in [0.25, 0.3) is 0 Å². The van der Waals surface area contributed by atoms with E-state index in [0.29, 0.717) is 24.2 Å². The van der Waals surface area contributed by atoms with Gasteiger partial charge in [-0.3, -0.25) is 0 Å². The summed E-state index contributed by atoms with van der Waals surface area (Å²) in [5.41, 5.74) is 2.41. The van der Waals surface area contributed by atoms with Gasteiger partial charge in [-0.05, 0) is 25.7 Å². The van der Waals surface area contributed by atoms with Crippen LogP contribution in [0.5, 0.6) is 6.01 Å². The molecule has 3 atom stereocenters. The predicted molar refractivity (Wildman–Crippen MR) is 83.3 cm³/mol. The Morgan fingerprint density at radius 2 is 1.91 bits per heavy atom. The van der Waals surface area contributed by atoms with Crippen molar-refractivity contribution in [2.24, 2.45) is 0 Å². The van der Waals surface area contributed by atoms with Crippen LogP contribution in [0.3, 0.4) is 0 Å². The molecule has 0 amide bonds. The third-order valence-corrected chi connectivity index (χ3v) is 5.34. The Balaban J connectivity index is 1.73. The Labute approximate surface area is 131 Å². The van der Waals surface area contributed by atoms with Gasteiger partial charge in [0.05, 0.1) is 18.9 Å². The van der Waals surface area contributed by atoms with E-state index < -0.39 is 0 Å². The van der Waals surface area contributed by atoms with Crippen LogP contribution in [0, 0.1) is 0 Å². The van der Waals surface area contributed by atoms with Gasteiger partial charge in [-0.1, -0.05) is 0 Å². The summed E-state index contributed by atoms with van der Waals surface area (Å²) in [6, 6.07) is 1.58. The largest absolute Gasteiger partial charge is 0.467 e. The molecule has 2 fully saturated rings. The minimum atomic E-state index is 0.395. The highest BCUT2D eigenvalue weighted by Crippen LogP contribution is 2.41. The molecular formula is C16H24N4O2. The van der Waals surface area contributed by atoms with E-state index in [2.05, 4.69) is 15.2 Å². The third kappa shape index (κ3) is 2.25. The van der Waals surface area contributed by atoms with Gasteiger partial charge in [-0.2, -0.15) is 9.97 Å². The van der Waals surface area contributed by atoms with E-state index in [4.69, 9.17) is 14.5 Å². The van der Waals surface area contributed by atoms with Crippen molar-refractivity contribution < 1.29 is 9.47 Å². The zero-order valence-corrected chi connectivity index (χ0v) is 13.3. The summed E-state index contributed by atoms with van der Waals surface area (Å²) in [6.45, 7) is 1.84. The topological polar surface area (TPSA) is 59.5 Å². The monoisotopic (exact) mass is 304 g/mol. The highest BCUT2D eigenvalue weighted by atomic mass is 16.5. The Morgan fingerprint density at radius 3 is 2.59 bits per heavy atom. The van der Waals surface area contributed by atoms with Gasteiger partial charge in [0.1, 0.15) is 5.82 Å². The SMILES string of the molecule is COc1nc2c(c(N3[C@@H]4CC[C@H]3C[C@@H](OC)C4)n1)CNCC2. The summed E-state index contributed by atoms with van der Waals surface area (Å²) in [4.78, 5) is 11.8. The van der Waals surface area contributed by atoms with Crippen LogP contribution in [0.15, 0.2) is 0 Å². The number of aromatic nitrogens is 2. The Kier molecular flexibility index (Phi) is 3.66. The first-order valence-electron chi connectivity index (χ1n) is 8.25. The molecule has 0 aliphatic carbocycles. The highest BCUT2D eigenvalue weighted by molar-refractivity contribution is 5.54. The second-order valence-electron chi connectivity index (χ2n) is 6.51. The lowest BCUT2D eigenvalue weighted by Crippen LogP contribution is -2.46. The fourth-order valence-electron chi connectivity index (χ4n) is 4.27. The average Bonchev–Trinajstić information content (AvgIpc) is 2.83. The van der Waals surface area contributed by atoms with Crippen LogP contribution in [0.4, 0.5) is 5.82 Å². The molecule has 120 valence electrons. The molecule has 4 heterocycles. The van der Waals surface area contributed by atoms with Crippen LogP contribution in [-0.2, 0) is 17.7 Å². The predicted octanol–water partition coefficient (Wildman–Crippen LogP) is 1.28. The number of methoxy groups -OCH3 is 2. The molecule has 6 heteroatoms. The lowest BCUT2D eigenvalue weighted by molar-refractivity contribution is 0.0681. The molecule has 0 spiro atoms. The van der Waals surface area contributed by atoms with Gasteiger partial charge >= 0.3 is 6.01 Å². The first-order valence-corrected chi connectivity index (χ1v) is 8.25. The summed E-state index contributed by atoms with van der Waals surface area (Å²) >= 11 is 0. The van der Waals surface area contributed by atoms with Crippen molar-refractivity contribution >= 4 is 5.82 Å². The Bertz CT molecular complexity index is 551. The van der Waals surface area contributed by atoms with Crippen LogP contribution in [0.25, 0.3) is 0 Å². The molecule has 6 nitrogen and oxygen atoms in total. The molecule has 3 aliphatic rings.